The molecule has 3 nitrogen and oxygen atoms in total. The van der Waals surface area contributed by atoms with Crippen molar-refractivity contribution in [3.63, 3.8) is 0 Å². The third-order valence-corrected chi connectivity index (χ3v) is 6.68. The summed E-state index contributed by atoms with van der Waals surface area (Å²) in [5.41, 5.74) is 2.63. The number of carbonyl (C=O) groups excluding carboxylic acids is 2. The fourth-order valence-electron chi connectivity index (χ4n) is 3.54. The maximum atomic E-state index is 12.7. The first kappa shape index (κ1) is 26.4. The van der Waals surface area contributed by atoms with Gasteiger partial charge in [0.2, 0.25) is 18.8 Å². The van der Waals surface area contributed by atoms with E-state index in [4.69, 9.17) is 0 Å². The van der Waals surface area contributed by atoms with Crippen molar-refractivity contribution in [2.45, 2.75) is 59.3 Å². The Morgan fingerprint density at radius 3 is 1.24 bits per heavy atom. The van der Waals surface area contributed by atoms with E-state index in [1.165, 1.54) is 5.56 Å². The summed E-state index contributed by atoms with van der Waals surface area (Å²) in [4.78, 5) is 25.3. The van der Waals surface area contributed by atoms with Crippen molar-refractivity contribution in [2.24, 2.45) is 0 Å². The molecule has 1 radical (unpaired) electrons. The van der Waals surface area contributed by atoms with Crippen LogP contribution in [0.2, 0.25) is 0 Å². The van der Waals surface area contributed by atoms with Crippen LogP contribution in [-0.2, 0) is 4.57 Å². The van der Waals surface area contributed by atoms with Gasteiger partial charge in [-0.3, -0.25) is 14.2 Å². The van der Waals surface area contributed by atoms with Crippen molar-refractivity contribution in [3.8, 4) is 0 Å². The molecule has 3 aromatic rings. The molecule has 0 unspecified atom stereocenters. The summed E-state index contributed by atoms with van der Waals surface area (Å²) in [6.45, 7) is 12.3. The zero-order valence-corrected chi connectivity index (χ0v) is 21.3. The standard InChI is InChI=1S/C20H22O3P.C9H12/c1-13(2)15-9-5-7-11-17(15)19(21)24(23)20(22)18-12-8-6-10-16(18)14(3)4;1-8(2)9-6-4-3-5-7-9/h5-14H,1-4H3;3-8H,1-2H3. The van der Waals surface area contributed by atoms with Crippen LogP contribution in [0.4, 0.5) is 0 Å². The number of rotatable bonds is 7. The zero-order valence-electron chi connectivity index (χ0n) is 20.4. The highest BCUT2D eigenvalue weighted by atomic mass is 31.1. The fraction of sp³-hybridized carbons (Fsp3) is 0.310. The summed E-state index contributed by atoms with van der Waals surface area (Å²) in [6, 6.07) is 24.6. The normalized spacial score (nSPS) is 10.7. The molecule has 0 aliphatic heterocycles. The van der Waals surface area contributed by atoms with Gasteiger partial charge in [0.05, 0.1) is 0 Å². The van der Waals surface area contributed by atoms with Gasteiger partial charge in [-0.1, -0.05) is 120 Å². The zero-order chi connectivity index (χ0) is 24.5. The summed E-state index contributed by atoms with van der Waals surface area (Å²) in [5.74, 6) is 0.893. The first-order chi connectivity index (χ1) is 15.6. The van der Waals surface area contributed by atoms with Crippen molar-refractivity contribution in [1.82, 2.24) is 0 Å². The largest absolute Gasteiger partial charge is 0.281 e. The first-order valence-electron chi connectivity index (χ1n) is 11.4. The molecule has 0 aliphatic carbocycles. The maximum Gasteiger partial charge on any atom is 0.249 e. The van der Waals surface area contributed by atoms with Crippen LogP contribution in [0, 0.1) is 0 Å². The van der Waals surface area contributed by atoms with E-state index in [0.29, 0.717) is 17.0 Å². The van der Waals surface area contributed by atoms with Gasteiger partial charge in [0.15, 0.2) is 0 Å². The highest BCUT2D eigenvalue weighted by molar-refractivity contribution is 7.80. The lowest BCUT2D eigenvalue weighted by molar-refractivity contribution is 0.104. The minimum Gasteiger partial charge on any atom is -0.281 e. The molecule has 0 N–H and O–H groups in total. The molecule has 0 aromatic heterocycles. The van der Waals surface area contributed by atoms with Crippen LogP contribution in [0.3, 0.4) is 0 Å². The molecule has 173 valence electrons. The summed E-state index contributed by atoms with van der Waals surface area (Å²) in [7, 11) is -2.67. The van der Waals surface area contributed by atoms with Crippen LogP contribution in [0.5, 0.6) is 0 Å². The number of carbonyl (C=O) groups is 2. The second-order valence-electron chi connectivity index (χ2n) is 8.95. The molecule has 0 bridgehead atoms. The van der Waals surface area contributed by atoms with Crippen LogP contribution in [0.25, 0.3) is 0 Å². The Hall–Kier alpha value is -2.90. The molecule has 0 fully saturated rings. The van der Waals surface area contributed by atoms with Crippen molar-refractivity contribution in [1.29, 1.82) is 0 Å². The highest BCUT2D eigenvalue weighted by Gasteiger charge is 2.28. The molecule has 33 heavy (non-hydrogen) atoms. The lowest BCUT2D eigenvalue weighted by Gasteiger charge is -2.13. The summed E-state index contributed by atoms with van der Waals surface area (Å²) < 4.78 is 12.6. The molecule has 3 rings (SSSR count). The highest BCUT2D eigenvalue weighted by Crippen LogP contribution is 2.36. The molecule has 0 saturated heterocycles. The van der Waals surface area contributed by atoms with Gasteiger partial charge < -0.3 is 0 Å². The van der Waals surface area contributed by atoms with E-state index in [9.17, 15) is 14.2 Å². The SMILES string of the molecule is CC(C)c1ccccc1.CC(C)c1ccccc1C(=O)[P](=O)C(=O)c1ccccc1C(C)C. The van der Waals surface area contributed by atoms with E-state index < -0.39 is 18.8 Å². The third-order valence-electron chi connectivity index (χ3n) is 5.46. The lowest BCUT2D eigenvalue weighted by atomic mass is 9.98. The Kier molecular flexibility index (Phi) is 9.88. The summed E-state index contributed by atoms with van der Waals surface area (Å²) in [6.07, 6.45) is 0. The molecule has 3 aromatic carbocycles. The third kappa shape index (κ3) is 7.04. The average Bonchev–Trinajstić information content (AvgIpc) is 2.83. The molecule has 0 atom stereocenters. The van der Waals surface area contributed by atoms with E-state index in [1.807, 2.05) is 58.0 Å². The molecule has 0 aliphatic rings. The molecule has 0 amide bonds. The van der Waals surface area contributed by atoms with E-state index in [2.05, 4.69) is 38.1 Å². The molecule has 4 heteroatoms. The number of hydrogen-bond donors (Lipinski definition) is 0. The molecular weight excluding hydrogens is 427 g/mol. The second-order valence-corrected chi connectivity index (χ2v) is 10.4. The van der Waals surface area contributed by atoms with Gasteiger partial charge in [0, 0.05) is 11.1 Å². The smallest absolute Gasteiger partial charge is 0.249 e. The van der Waals surface area contributed by atoms with Gasteiger partial charge in [-0.25, -0.2) is 0 Å². The number of benzene rings is 3. The maximum absolute atomic E-state index is 12.7. The lowest BCUT2D eigenvalue weighted by Crippen LogP contribution is -2.08. The Bertz CT molecular complexity index is 1030. The summed E-state index contributed by atoms with van der Waals surface area (Å²) >= 11 is 0. The molecular formula is C29H34O3P. The minimum absolute atomic E-state index is 0.117. The second kappa shape index (κ2) is 12.4. The van der Waals surface area contributed by atoms with Crippen LogP contribution >= 0.6 is 7.80 Å². The number of hydrogen-bond acceptors (Lipinski definition) is 3. The Labute approximate surface area is 199 Å². The molecule has 0 heterocycles. The van der Waals surface area contributed by atoms with Crippen molar-refractivity contribution >= 4 is 18.8 Å². The van der Waals surface area contributed by atoms with E-state index in [-0.39, 0.29) is 11.8 Å². The van der Waals surface area contributed by atoms with Gasteiger partial charge in [0.25, 0.3) is 0 Å². The first-order valence-corrected chi connectivity index (χ1v) is 12.7. The summed E-state index contributed by atoms with van der Waals surface area (Å²) in [5, 5.41) is 0. The van der Waals surface area contributed by atoms with Gasteiger partial charge >= 0.3 is 0 Å². The topological polar surface area (TPSA) is 51.2 Å². The average molecular weight is 462 g/mol. The van der Waals surface area contributed by atoms with Crippen LogP contribution in [0.15, 0.2) is 78.9 Å². The Morgan fingerprint density at radius 1 is 0.545 bits per heavy atom. The van der Waals surface area contributed by atoms with Gasteiger partial charge in [-0.05, 0) is 34.4 Å². The van der Waals surface area contributed by atoms with Crippen molar-refractivity contribution in [3.05, 3.63) is 107 Å². The predicted molar refractivity (Wildman–Crippen MR) is 138 cm³/mol. The molecule has 0 saturated carbocycles. The van der Waals surface area contributed by atoms with Gasteiger partial charge in [-0.15, -0.1) is 0 Å². The van der Waals surface area contributed by atoms with E-state index >= 15 is 0 Å². The van der Waals surface area contributed by atoms with Crippen LogP contribution < -0.4 is 0 Å². The van der Waals surface area contributed by atoms with E-state index in [1.54, 1.807) is 24.3 Å². The Balaban J connectivity index is 0.000000357. The fourth-order valence-corrected chi connectivity index (χ4v) is 4.57. The van der Waals surface area contributed by atoms with Gasteiger partial charge in [-0.2, -0.15) is 0 Å². The van der Waals surface area contributed by atoms with Crippen LogP contribution in [0.1, 0.15) is 96.7 Å². The van der Waals surface area contributed by atoms with E-state index in [0.717, 1.165) is 11.1 Å². The Morgan fingerprint density at radius 2 is 0.909 bits per heavy atom. The van der Waals surface area contributed by atoms with Crippen molar-refractivity contribution in [2.75, 3.05) is 0 Å². The monoisotopic (exact) mass is 461 g/mol. The minimum atomic E-state index is -2.67. The van der Waals surface area contributed by atoms with Crippen LogP contribution in [-0.4, -0.2) is 11.0 Å². The van der Waals surface area contributed by atoms with Crippen molar-refractivity contribution < 1.29 is 14.2 Å². The molecule has 0 spiro atoms. The quantitative estimate of drug-likeness (QED) is 0.331. The van der Waals surface area contributed by atoms with Gasteiger partial charge in [0.1, 0.15) is 0 Å². The predicted octanol–water partition coefficient (Wildman–Crippen LogP) is 8.55.